The van der Waals surface area contributed by atoms with Crippen LogP contribution in [0.1, 0.15) is 37.0 Å². The molecule has 0 unspecified atom stereocenters. The van der Waals surface area contributed by atoms with Gasteiger partial charge in [-0.1, -0.05) is 119 Å². The van der Waals surface area contributed by atoms with Crippen LogP contribution in [0, 0.1) is 11.8 Å². The first-order valence-electron chi connectivity index (χ1n) is 19.1. The lowest BCUT2D eigenvalue weighted by Gasteiger charge is -2.39. The van der Waals surface area contributed by atoms with Crippen molar-refractivity contribution in [3.8, 4) is 0 Å². The first kappa shape index (κ1) is 37.8. The Bertz CT molecular complexity index is 2210. The molecule has 56 heavy (non-hydrogen) atoms. The number of carbonyl (C=O) groups excluding carboxylic acids is 4. The second-order valence-corrected chi connectivity index (χ2v) is 16.0. The number of anilines is 1. The molecule has 1 N–H and O–H groups in total. The minimum Gasteiger partial charge on any atom is -0.455 e. The summed E-state index contributed by atoms with van der Waals surface area (Å²) in [4.78, 5) is 63.8. The van der Waals surface area contributed by atoms with Gasteiger partial charge in [0.2, 0.25) is 11.8 Å². The summed E-state index contributed by atoms with van der Waals surface area (Å²) >= 11 is 3.66. The van der Waals surface area contributed by atoms with E-state index in [2.05, 4.69) is 15.9 Å². The Kier molecular flexibility index (Phi) is 10.4. The molecule has 8 rings (SSSR count). The molecule has 0 aliphatic carbocycles. The Balaban J connectivity index is 1.28. The number of aliphatic hydroxyl groups excluding tert-OH is 1. The molecule has 0 aromatic heterocycles. The molecule has 4 aromatic carbocycles. The summed E-state index contributed by atoms with van der Waals surface area (Å²) in [6, 6.07) is 29.8. The largest absolute Gasteiger partial charge is 0.455 e. The van der Waals surface area contributed by atoms with E-state index >= 15 is 9.59 Å². The van der Waals surface area contributed by atoms with Crippen LogP contribution < -0.4 is 4.90 Å². The van der Waals surface area contributed by atoms with Gasteiger partial charge in [0.25, 0.3) is 5.91 Å². The van der Waals surface area contributed by atoms with Crippen LogP contribution >= 0.6 is 15.9 Å². The van der Waals surface area contributed by atoms with Gasteiger partial charge in [0.05, 0.1) is 24.6 Å². The lowest BCUT2D eigenvalue weighted by molar-refractivity contribution is -0.164. The number of likely N-dealkylation sites (N-methyl/N-ethyl adjacent to an activating group) is 1. The summed E-state index contributed by atoms with van der Waals surface area (Å²) in [6.45, 7) is 1.55. The highest BCUT2D eigenvalue weighted by atomic mass is 79.9. The molecular weight excluding hydrogens is 774 g/mol. The van der Waals surface area contributed by atoms with E-state index in [1.807, 2.05) is 122 Å². The van der Waals surface area contributed by atoms with E-state index in [9.17, 15) is 14.7 Å². The number of hydrogen-bond donors (Lipinski definition) is 1. The van der Waals surface area contributed by atoms with E-state index in [1.54, 1.807) is 22.9 Å². The number of hydrogen-bond acceptors (Lipinski definition) is 7. The highest BCUT2D eigenvalue weighted by Gasteiger charge is 2.75. The van der Waals surface area contributed by atoms with Crippen LogP contribution in [-0.2, 0) is 35.1 Å². The van der Waals surface area contributed by atoms with Crippen molar-refractivity contribution in [2.24, 2.45) is 11.8 Å². The van der Waals surface area contributed by atoms with Crippen molar-refractivity contribution in [2.45, 2.75) is 62.1 Å². The summed E-state index contributed by atoms with van der Waals surface area (Å²) in [5, 5.41) is 13.0. The summed E-state index contributed by atoms with van der Waals surface area (Å²) < 4.78 is 13.7. The van der Waals surface area contributed by atoms with Crippen LogP contribution in [0.2, 0.25) is 0 Å². The summed E-state index contributed by atoms with van der Waals surface area (Å²) in [5.74, 6) is -3.94. The lowest BCUT2D eigenvalue weighted by Crippen LogP contribution is -2.59. The van der Waals surface area contributed by atoms with Gasteiger partial charge in [0.15, 0.2) is 0 Å². The lowest BCUT2D eigenvalue weighted by atomic mass is 9.74. The van der Waals surface area contributed by atoms with Crippen LogP contribution in [0.25, 0.3) is 10.8 Å². The standard InChI is InChI=1S/C45H44BrN3O7/c1-28-39(31-17-8-4-9-18-31)55-44(54)37-38-42(52)49(34(27-50)24-29-14-6-3-7-15-29)41(45(38)26-35(46)40(37)56-45)43(53)48(23-13-5-10-20-36(51)47(28)2)33-22-21-30-16-11-12-19-32(30)25-33/h3-9,11-19,21-22,25-26,28,34,37-41,50H,10,20,23-24,27H2,1-2H3/b13-5-/t28-,34+,37+,38-,39+,40+,41+,45-/m0/s1. The van der Waals surface area contributed by atoms with Gasteiger partial charge in [0.1, 0.15) is 29.8 Å². The molecule has 8 atom stereocenters. The first-order chi connectivity index (χ1) is 27.1. The third kappa shape index (κ3) is 6.55. The molecule has 3 amide bonds. The molecule has 4 heterocycles. The molecule has 2 fully saturated rings. The highest BCUT2D eigenvalue weighted by Crippen LogP contribution is 2.59. The number of likely N-dealkylation sites (tertiary alicyclic amines) is 1. The van der Waals surface area contributed by atoms with Crippen LogP contribution in [0.5, 0.6) is 0 Å². The van der Waals surface area contributed by atoms with Crippen molar-refractivity contribution in [2.75, 3.05) is 25.1 Å². The van der Waals surface area contributed by atoms with E-state index < -0.39 is 72.2 Å². The quantitative estimate of drug-likeness (QED) is 0.184. The van der Waals surface area contributed by atoms with Gasteiger partial charge < -0.3 is 29.3 Å². The Labute approximate surface area is 334 Å². The molecule has 4 aromatic rings. The second kappa shape index (κ2) is 15.4. The smallest absolute Gasteiger partial charge is 0.313 e. The number of cyclic esters (lactones) is 1. The maximum atomic E-state index is 15.6. The predicted octanol–water partition coefficient (Wildman–Crippen LogP) is 6.13. The van der Waals surface area contributed by atoms with Gasteiger partial charge in [-0.05, 0) is 59.9 Å². The van der Waals surface area contributed by atoms with Crippen molar-refractivity contribution in [1.82, 2.24) is 9.80 Å². The van der Waals surface area contributed by atoms with Gasteiger partial charge in [-0.15, -0.1) is 0 Å². The van der Waals surface area contributed by atoms with Crippen molar-refractivity contribution >= 4 is 56.1 Å². The first-order valence-corrected chi connectivity index (χ1v) is 19.9. The highest BCUT2D eigenvalue weighted by molar-refractivity contribution is 9.11. The number of nitrogens with zero attached hydrogens (tertiary/aromatic N) is 3. The molecule has 0 radical (unpaired) electrons. The second-order valence-electron chi connectivity index (χ2n) is 15.1. The summed E-state index contributed by atoms with van der Waals surface area (Å²) in [5.41, 5.74) is 0.619. The number of amides is 3. The molecular formula is C45H44BrN3O7. The Morgan fingerprint density at radius 2 is 1.55 bits per heavy atom. The number of benzene rings is 4. The van der Waals surface area contributed by atoms with E-state index in [0.717, 1.165) is 16.3 Å². The van der Waals surface area contributed by atoms with Crippen LogP contribution in [0.15, 0.2) is 126 Å². The van der Waals surface area contributed by atoms with Crippen molar-refractivity contribution in [3.63, 3.8) is 0 Å². The SMILES string of the molecule is C[C@H]1[C@H](c2ccccc2)OC(=O)[C@H]2[C@@H]3O[C@@]4(C=C3Br)[C@@H]2C(=O)N([C@@H](CO)Cc2ccccc2)[C@@H]4C(=O)N(c2ccc3ccccc3c2)C/C=C\CCC(=O)N1C. The zero-order valence-electron chi connectivity index (χ0n) is 31.2. The van der Waals surface area contributed by atoms with Gasteiger partial charge >= 0.3 is 5.97 Å². The number of aliphatic hydroxyl groups is 1. The fourth-order valence-electron chi connectivity index (χ4n) is 8.95. The molecule has 4 aliphatic heterocycles. The monoisotopic (exact) mass is 817 g/mol. The zero-order valence-corrected chi connectivity index (χ0v) is 32.8. The fourth-order valence-corrected chi connectivity index (χ4v) is 9.69. The number of halogens is 1. The summed E-state index contributed by atoms with van der Waals surface area (Å²) in [7, 11) is 1.70. The molecule has 1 spiro atoms. The predicted molar refractivity (Wildman–Crippen MR) is 215 cm³/mol. The molecule has 10 nitrogen and oxygen atoms in total. The van der Waals surface area contributed by atoms with Gasteiger partial charge in [-0.2, -0.15) is 0 Å². The molecule has 0 saturated carbocycles. The third-order valence-electron chi connectivity index (χ3n) is 11.9. The van der Waals surface area contributed by atoms with Crippen LogP contribution in [-0.4, -0.2) is 88.6 Å². The molecule has 5 bridgehead atoms. The minimum absolute atomic E-state index is 0.128. The number of allylic oxidation sites excluding steroid dienone is 1. The molecule has 11 heteroatoms. The maximum Gasteiger partial charge on any atom is 0.313 e. The Morgan fingerprint density at radius 1 is 0.857 bits per heavy atom. The molecule has 2 saturated heterocycles. The molecule has 288 valence electrons. The van der Waals surface area contributed by atoms with Crippen LogP contribution in [0.3, 0.4) is 0 Å². The Morgan fingerprint density at radius 3 is 2.29 bits per heavy atom. The average molecular weight is 819 g/mol. The number of esters is 1. The number of rotatable bonds is 6. The zero-order chi connectivity index (χ0) is 39.1. The van der Waals surface area contributed by atoms with E-state index in [4.69, 9.17) is 9.47 Å². The van der Waals surface area contributed by atoms with Gasteiger partial charge in [0, 0.05) is 30.2 Å². The van der Waals surface area contributed by atoms with E-state index in [0.29, 0.717) is 22.2 Å². The summed E-state index contributed by atoms with van der Waals surface area (Å²) in [6.07, 6.45) is 4.66. The molecule has 4 aliphatic rings. The van der Waals surface area contributed by atoms with Gasteiger partial charge in [-0.25, -0.2) is 0 Å². The van der Waals surface area contributed by atoms with Crippen molar-refractivity contribution < 1.29 is 33.8 Å². The number of carbonyl (C=O) groups is 4. The number of ether oxygens (including phenoxy) is 2. The third-order valence-corrected chi connectivity index (χ3v) is 12.6. The van der Waals surface area contributed by atoms with Gasteiger partial charge in [-0.3, -0.25) is 19.2 Å². The normalized spacial score (nSPS) is 29.4. The minimum atomic E-state index is -1.56. The van der Waals surface area contributed by atoms with Crippen molar-refractivity contribution in [1.29, 1.82) is 0 Å². The average Bonchev–Trinajstić information content (AvgIpc) is 3.82. The fraction of sp³-hybridized carbons (Fsp3) is 0.333. The maximum absolute atomic E-state index is 15.6. The van der Waals surface area contributed by atoms with Crippen LogP contribution in [0.4, 0.5) is 5.69 Å². The number of fused-ring (bicyclic) bond motifs is 3. The van der Waals surface area contributed by atoms with Crippen molar-refractivity contribution in [3.05, 3.63) is 137 Å². The Hall–Kier alpha value is -5.10. The van der Waals surface area contributed by atoms with E-state index in [1.165, 1.54) is 4.90 Å². The van der Waals surface area contributed by atoms with E-state index in [-0.39, 0.29) is 25.3 Å². The topological polar surface area (TPSA) is 117 Å².